The molecule has 0 bridgehead atoms. The number of anilines is 1. The van der Waals surface area contributed by atoms with E-state index in [1.165, 1.54) is 24.1 Å². The number of carbonyl (C=O) groups is 2. The number of halogens is 1. The number of rotatable bonds is 5. The topological polar surface area (TPSA) is 72.6 Å². The molecule has 1 aromatic carbocycles. The molecule has 0 aliphatic carbocycles. The van der Waals surface area contributed by atoms with Crippen molar-refractivity contribution < 1.29 is 18.7 Å². The molecule has 1 rings (SSSR count). The van der Waals surface area contributed by atoms with Crippen LogP contribution in [0.5, 0.6) is 0 Å². The van der Waals surface area contributed by atoms with E-state index < -0.39 is 17.7 Å². The summed E-state index contributed by atoms with van der Waals surface area (Å²) < 4.78 is 17.7. The highest BCUT2D eigenvalue weighted by atomic mass is 19.1. The minimum absolute atomic E-state index is 0.0531. The molecule has 104 valence electrons. The lowest BCUT2D eigenvalue weighted by molar-refractivity contribution is -0.141. The summed E-state index contributed by atoms with van der Waals surface area (Å²) in [4.78, 5) is 24.8. The van der Waals surface area contributed by atoms with Gasteiger partial charge >= 0.3 is 5.97 Å². The fourth-order valence-electron chi connectivity index (χ4n) is 1.63. The summed E-state index contributed by atoms with van der Waals surface area (Å²) in [5.41, 5.74) is 5.89. The van der Waals surface area contributed by atoms with Gasteiger partial charge in [0.15, 0.2) is 0 Å². The lowest BCUT2D eigenvalue weighted by Gasteiger charge is -2.21. The Morgan fingerprint density at radius 1 is 1.42 bits per heavy atom. The molecule has 0 aliphatic heterocycles. The fraction of sp³-hybridized carbons (Fsp3) is 0.385. The number of carbonyl (C=O) groups excluding carboxylic acids is 2. The number of methoxy groups -OCH3 is 1. The first-order chi connectivity index (χ1) is 8.99. The molecule has 1 aromatic rings. The highest BCUT2D eigenvalue weighted by Crippen LogP contribution is 2.16. The van der Waals surface area contributed by atoms with Gasteiger partial charge in [0.25, 0.3) is 5.91 Å². The maximum absolute atomic E-state index is 13.2. The van der Waals surface area contributed by atoms with Crippen molar-refractivity contribution in [2.75, 3.05) is 25.9 Å². The second-order valence-corrected chi connectivity index (χ2v) is 4.03. The molecule has 0 fully saturated rings. The van der Waals surface area contributed by atoms with Gasteiger partial charge in [0, 0.05) is 12.2 Å². The van der Waals surface area contributed by atoms with Gasteiger partial charge in [-0.15, -0.1) is 0 Å². The van der Waals surface area contributed by atoms with E-state index in [9.17, 15) is 14.0 Å². The Morgan fingerprint density at radius 2 is 2.11 bits per heavy atom. The smallest absolute Gasteiger partial charge is 0.325 e. The Hall–Kier alpha value is -2.11. The van der Waals surface area contributed by atoms with Gasteiger partial charge in [0.2, 0.25) is 0 Å². The van der Waals surface area contributed by atoms with E-state index in [2.05, 4.69) is 4.74 Å². The normalized spacial score (nSPS) is 10.1. The molecule has 0 saturated carbocycles. The predicted molar refractivity (Wildman–Crippen MR) is 69.0 cm³/mol. The van der Waals surface area contributed by atoms with Crippen LogP contribution in [0.2, 0.25) is 0 Å². The summed E-state index contributed by atoms with van der Waals surface area (Å²) in [5, 5.41) is 0. The Morgan fingerprint density at radius 3 is 2.68 bits per heavy atom. The van der Waals surface area contributed by atoms with Crippen molar-refractivity contribution in [2.24, 2.45) is 0 Å². The zero-order chi connectivity index (χ0) is 14.4. The number of benzene rings is 1. The van der Waals surface area contributed by atoms with E-state index in [-0.39, 0.29) is 17.8 Å². The van der Waals surface area contributed by atoms with Crippen LogP contribution in [0.3, 0.4) is 0 Å². The number of amides is 1. The van der Waals surface area contributed by atoms with Gasteiger partial charge in [-0.25, -0.2) is 4.39 Å². The fourth-order valence-corrected chi connectivity index (χ4v) is 1.63. The lowest BCUT2D eigenvalue weighted by atomic mass is 10.1. The van der Waals surface area contributed by atoms with Crippen molar-refractivity contribution in [3.05, 3.63) is 29.6 Å². The van der Waals surface area contributed by atoms with Crippen LogP contribution in [0.4, 0.5) is 10.1 Å². The SMILES string of the molecule is CCCN(CC(=O)OC)C(=O)c1cc(F)ccc1N. The van der Waals surface area contributed by atoms with E-state index in [4.69, 9.17) is 5.73 Å². The average Bonchev–Trinajstić information content (AvgIpc) is 2.40. The molecule has 2 N–H and O–H groups in total. The molecular formula is C13H17FN2O3. The molecule has 0 saturated heterocycles. The predicted octanol–water partition coefficient (Wildman–Crippen LogP) is 1.43. The molecular weight excluding hydrogens is 251 g/mol. The van der Waals surface area contributed by atoms with Gasteiger partial charge in [-0.05, 0) is 24.6 Å². The second-order valence-electron chi connectivity index (χ2n) is 4.03. The number of hydrogen-bond donors (Lipinski definition) is 1. The first-order valence-electron chi connectivity index (χ1n) is 5.90. The zero-order valence-electron chi connectivity index (χ0n) is 11.0. The van der Waals surface area contributed by atoms with Crippen LogP contribution >= 0.6 is 0 Å². The Balaban J connectivity index is 2.98. The van der Waals surface area contributed by atoms with Crippen molar-refractivity contribution in [2.45, 2.75) is 13.3 Å². The molecule has 1 amide bonds. The molecule has 0 atom stereocenters. The number of nitrogens with zero attached hydrogens (tertiary/aromatic N) is 1. The minimum atomic E-state index is -0.549. The Kier molecular flexibility index (Phi) is 5.29. The zero-order valence-corrected chi connectivity index (χ0v) is 11.0. The van der Waals surface area contributed by atoms with Crippen LogP contribution in [-0.2, 0) is 9.53 Å². The van der Waals surface area contributed by atoms with E-state index in [0.29, 0.717) is 13.0 Å². The van der Waals surface area contributed by atoms with E-state index >= 15 is 0 Å². The van der Waals surface area contributed by atoms with Gasteiger partial charge in [-0.2, -0.15) is 0 Å². The summed E-state index contributed by atoms with van der Waals surface area (Å²) in [7, 11) is 1.24. The largest absolute Gasteiger partial charge is 0.468 e. The summed E-state index contributed by atoms with van der Waals surface area (Å²) in [6.07, 6.45) is 0.665. The van der Waals surface area contributed by atoms with E-state index in [1.54, 1.807) is 0 Å². The van der Waals surface area contributed by atoms with Crippen LogP contribution < -0.4 is 5.73 Å². The summed E-state index contributed by atoms with van der Waals surface area (Å²) >= 11 is 0. The Labute approximate surface area is 111 Å². The minimum Gasteiger partial charge on any atom is -0.468 e. The maximum atomic E-state index is 13.2. The third kappa shape index (κ3) is 3.94. The van der Waals surface area contributed by atoms with Crippen molar-refractivity contribution in [3.63, 3.8) is 0 Å². The molecule has 5 nitrogen and oxygen atoms in total. The van der Waals surface area contributed by atoms with Gasteiger partial charge in [0.05, 0.1) is 12.7 Å². The van der Waals surface area contributed by atoms with E-state index in [0.717, 1.165) is 6.07 Å². The summed E-state index contributed by atoms with van der Waals surface area (Å²) in [5.74, 6) is -1.56. The van der Waals surface area contributed by atoms with Crippen LogP contribution in [-0.4, -0.2) is 37.0 Å². The number of hydrogen-bond acceptors (Lipinski definition) is 4. The highest BCUT2D eigenvalue weighted by molar-refractivity contribution is 6.00. The molecule has 0 heterocycles. The molecule has 0 spiro atoms. The number of esters is 1. The Bertz CT molecular complexity index is 477. The third-order valence-corrected chi connectivity index (χ3v) is 2.57. The third-order valence-electron chi connectivity index (χ3n) is 2.57. The number of ether oxygens (including phenoxy) is 1. The lowest BCUT2D eigenvalue weighted by Crippen LogP contribution is -2.37. The first kappa shape index (κ1) is 14.9. The van der Waals surface area contributed by atoms with Gasteiger partial charge in [-0.1, -0.05) is 6.92 Å². The van der Waals surface area contributed by atoms with Crippen molar-refractivity contribution >= 4 is 17.6 Å². The van der Waals surface area contributed by atoms with Gasteiger partial charge in [-0.3, -0.25) is 9.59 Å². The van der Waals surface area contributed by atoms with Crippen LogP contribution in [0, 0.1) is 5.82 Å². The second kappa shape index (κ2) is 6.72. The summed E-state index contributed by atoms with van der Waals surface area (Å²) in [6.45, 7) is 2.05. The highest BCUT2D eigenvalue weighted by Gasteiger charge is 2.20. The number of nitrogens with two attached hydrogens (primary N) is 1. The molecule has 0 unspecified atom stereocenters. The van der Waals surface area contributed by atoms with Crippen LogP contribution in [0.15, 0.2) is 18.2 Å². The monoisotopic (exact) mass is 268 g/mol. The van der Waals surface area contributed by atoms with Crippen molar-refractivity contribution in [3.8, 4) is 0 Å². The summed E-state index contributed by atoms with van der Waals surface area (Å²) in [6, 6.07) is 3.57. The van der Waals surface area contributed by atoms with Gasteiger partial charge in [0.1, 0.15) is 12.4 Å². The standard InChI is InChI=1S/C13H17FN2O3/c1-3-6-16(8-12(17)19-2)13(18)10-7-9(14)4-5-11(10)15/h4-5,7H,3,6,8,15H2,1-2H3. The van der Waals surface area contributed by atoms with Crippen molar-refractivity contribution in [1.82, 2.24) is 4.90 Å². The van der Waals surface area contributed by atoms with E-state index in [1.807, 2.05) is 6.92 Å². The quantitative estimate of drug-likeness (QED) is 0.647. The molecule has 0 aliphatic rings. The molecule has 0 radical (unpaired) electrons. The molecule has 6 heteroatoms. The van der Waals surface area contributed by atoms with Crippen LogP contribution in [0.25, 0.3) is 0 Å². The average molecular weight is 268 g/mol. The molecule has 0 aromatic heterocycles. The maximum Gasteiger partial charge on any atom is 0.325 e. The molecule has 19 heavy (non-hydrogen) atoms. The van der Waals surface area contributed by atoms with Crippen molar-refractivity contribution in [1.29, 1.82) is 0 Å². The number of nitrogen functional groups attached to an aromatic ring is 1. The van der Waals surface area contributed by atoms with Crippen LogP contribution in [0.1, 0.15) is 23.7 Å². The first-order valence-corrected chi connectivity index (χ1v) is 5.90. The van der Waals surface area contributed by atoms with Gasteiger partial charge < -0.3 is 15.4 Å².